The SMILES string of the molecule is Cc1cc(/C=C(/C#N)C(=O)Nc2cccc(Cl)c2C)c(C)o1. The molecule has 1 aromatic carbocycles. The summed E-state index contributed by atoms with van der Waals surface area (Å²) in [6, 6.07) is 8.92. The molecule has 0 saturated heterocycles. The molecule has 22 heavy (non-hydrogen) atoms. The number of hydrogen-bond donors (Lipinski definition) is 1. The van der Waals surface area contributed by atoms with E-state index >= 15 is 0 Å². The Bertz CT molecular complexity index is 797. The lowest BCUT2D eigenvalue weighted by atomic mass is 10.1. The Labute approximate surface area is 134 Å². The highest BCUT2D eigenvalue weighted by Gasteiger charge is 2.13. The normalized spacial score (nSPS) is 11.1. The van der Waals surface area contributed by atoms with Gasteiger partial charge >= 0.3 is 0 Å². The van der Waals surface area contributed by atoms with Crippen molar-refractivity contribution in [2.75, 3.05) is 5.32 Å². The highest BCUT2D eigenvalue weighted by molar-refractivity contribution is 6.31. The third-order valence-corrected chi connectivity index (χ3v) is 3.67. The molecule has 0 bridgehead atoms. The van der Waals surface area contributed by atoms with E-state index in [4.69, 9.17) is 16.0 Å². The molecule has 1 amide bonds. The number of aryl methyl sites for hydroxylation is 2. The molecule has 0 unspecified atom stereocenters. The number of nitrogens with one attached hydrogen (secondary N) is 1. The Morgan fingerprint density at radius 2 is 2.09 bits per heavy atom. The molecule has 0 aliphatic carbocycles. The summed E-state index contributed by atoms with van der Waals surface area (Å²) in [5.41, 5.74) is 2.05. The number of hydrogen-bond acceptors (Lipinski definition) is 3. The number of amides is 1. The van der Waals surface area contributed by atoms with E-state index in [2.05, 4.69) is 5.32 Å². The predicted molar refractivity (Wildman–Crippen MR) is 86.6 cm³/mol. The quantitative estimate of drug-likeness (QED) is 0.674. The number of carbonyl (C=O) groups excluding carboxylic acids is 1. The molecule has 2 rings (SSSR count). The van der Waals surface area contributed by atoms with Gasteiger partial charge in [0, 0.05) is 16.3 Å². The van der Waals surface area contributed by atoms with Crippen LogP contribution in [0, 0.1) is 32.1 Å². The average Bonchev–Trinajstić information content (AvgIpc) is 2.79. The van der Waals surface area contributed by atoms with Gasteiger partial charge in [-0.2, -0.15) is 5.26 Å². The zero-order chi connectivity index (χ0) is 16.3. The van der Waals surface area contributed by atoms with E-state index in [0.717, 1.165) is 11.3 Å². The first-order chi connectivity index (χ1) is 10.4. The van der Waals surface area contributed by atoms with Gasteiger partial charge in [0.15, 0.2) is 0 Å². The van der Waals surface area contributed by atoms with Gasteiger partial charge in [0.2, 0.25) is 0 Å². The first-order valence-electron chi connectivity index (χ1n) is 6.67. The molecule has 0 fully saturated rings. The van der Waals surface area contributed by atoms with Crippen LogP contribution in [-0.4, -0.2) is 5.91 Å². The molecular weight excluding hydrogens is 300 g/mol. The van der Waals surface area contributed by atoms with E-state index in [0.29, 0.717) is 22.0 Å². The molecule has 0 atom stereocenters. The van der Waals surface area contributed by atoms with Gasteiger partial charge in [-0.15, -0.1) is 0 Å². The summed E-state index contributed by atoms with van der Waals surface area (Å²) in [7, 11) is 0. The van der Waals surface area contributed by atoms with E-state index < -0.39 is 5.91 Å². The zero-order valence-corrected chi connectivity index (χ0v) is 13.3. The molecule has 1 aromatic heterocycles. The van der Waals surface area contributed by atoms with Crippen LogP contribution in [0.3, 0.4) is 0 Å². The number of carbonyl (C=O) groups is 1. The van der Waals surface area contributed by atoms with Crippen LogP contribution >= 0.6 is 11.6 Å². The molecule has 112 valence electrons. The lowest BCUT2D eigenvalue weighted by molar-refractivity contribution is -0.112. The molecule has 0 radical (unpaired) electrons. The lowest BCUT2D eigenvalue weighted by Crippen LogP contribution is -2.14. The Balaban J connectivity index is 2.28. The summed E-state index contributed by atoms with van der Waals surface area (Å²) in [6.45, 7) is 5.40. The minimum atomic E-state index is -0.480. The number of nitriles is 1. The number of halogens is 1. The molecular formula is C17H15ClN2O2. The zero-order valence-electron chi connectivity index (χ0n) is 12.5. The van der Waals surface area contributed by atoms with Crippen LogP contribution in [0.15, 0.2) is 34.3 Å². The molecule has 0 saturated carbocycles. The van der Waals surface area contributed by atoms with Gasteiger partial charge in [0.1, 0.15) is 23.2 Å². The summed E-state index contributed by atoms with van der Waals surface area (Å²) in [5, 5.41) is 12.5. The largest absolute Gasteiger partial charge is 0.466 e. The second-order valence-corrected chi connectivity index (χ2v) is 5.31. The number of furan rings is 1. The highest BCUT2D eigenvalue weighted by atomic mass is 35.5. The van der Waals surface area contributed by atoms with Gasteiger partial charge in [-0.25, -0.2) is 0 Å². The van der Waals surface area contributed by atoms with Crippen LogP contribution in [0.4, 0.5) is 5.69 Å². The van der Waals surface area contributed by atoms with Gasteiger partial charge in [0.05, 0.1) is 0 Å². The molecule has 4 nitrogen and oxygen atoms in total. The van der Waals surface area contributed by atoms with Crippen molar-refractivity contribution in [2.45, 2.75) is 20.8 Å². The smallest absolute Gasteiger partial charge is 0.266 e. The topological polar surface area (TPSA) is 66.0 Å². The number of benzene rings is 1. The summed E-state index contributed by atoms with van der Waals surface area (Å²) in [4.78, 5) is 12.3. The van der Waals surface area contributed by atoms with Crippen LogP contribution in [0.2, 0.25) is 5.02 Å². The second-order valence-electron chi connectivity index (χ2n) is 4.90. The first kappa shape index (κ1) is 15.9. The summed E-state index contributed by atoms with van der Waals surface area (Å²) in [5.74, 6) is 0.912. The van der Waals surface area contributed by atoms with Crippen LogP contribution in [0.25, 0.3) is 6.08 Å². The molecule has 1 N–H and O–H groups in total. The van der Waals surface area contributed by atoms with E-state index in [-0.39, 0.29) is 5.57 Å². The lowest BCUT2D eigenvalue weighted by Gasteiger charge is -2.08. The fourth-order valence-electron chi connectivity index (χ4n) is 2.03. The summed E-state index contributed by atoms with van der Waals surface area (Å²) < 4.78 is 5.39. The standard InChI is InChI=1S/C17H15ClN2O2/c1-10-7-13(12(3)22-10)8-14(9-19)17(21)20-16-6-4-5-15(18)11(16)2/h4-8H,1-3H3,(H,20,21)/b14-8-. The molecule has 0 spiro atoms. The van der Waals surface area contributed by atoms with E-state index in [1.165, 1.54) is 6.08 Å². The predicted octanol–water partition coefficient (Wildman–Crippen LogP) is 4.40. The molecule has 2 aromatic rings. The van der Waals surface area contributed by atoms with Crippen molar-refractivity contribution in [1.29, 1.82) is 5.26 Å². The number of rotatable bonds is 3. The van der Waals surface area contributed by atoms with Gasteiger partial charge < -0.3 is 9.73 Å². The first-order valence-corrected chi connectivity index (χ1v) is 7.05. The van der Waals surface area contributed by atoms with Crippen LogP contribution < -0.4 is 5.32 Å². The Morgan fingerprint density at radius 3 is 2.68 bits per heavy atom. The van der Waals surface area contributed by atoms with Crippen LogP contribution in [0.1, 0.15) is 22.6 Å². The highest BCUT2D eigenvalue weighted by Crippen LogP contribution is 2.24. The number of anilines is 1. The fraction of sp³-hybridized carbons (Fsp3) is 0.176. The average molecular weight is 315 g/mol. The Kier molecular flexibility index (Phi) is 4.69. The number of nitrogens with zero attached hydrogens (tertiary/aromatic N) is 1. The van der Waals surface area contributed by atoms with Crippen molar-refractivity contribution in [3.05, 3.63) is 57.5 Å². The Hall–Kier alpha value is -2.51. The Morgan fingerprint density at radius 1 is 1.36 bits per heavy atom. The maximum absolute atomic E-state index is 12.3. The van der Waals surface area contributed by atoms with Gasteiger partial charge in [-0.05, 0) is 50.6 Å². The minimum absolute atomic E-state index is 0.00303. The molecule has 1 heterocycles. The van der Waals surface area contributed by atoms with Crippen LogP contribution in [0.5, 0.6) is 0 Å². The van der Waals surface area contributed by atoms with E-state index in [1.807, 2.05) is 13.0 Å². The van der Waals surface area contributed by atoms with Crippen molar-refractivity contribution in [2.24, 2.45) is 0 Å². The van der Waals surface area contributed by atoms with Gasteiger partial charge in [-0.3, -0.25) is 4.79 Å². The third kappa shape index (κ3) is 3.38. The summed E-state index contributed by atoms with van der Waals surface area (Å²) >= 11 is 6.02. The fourth-order valence-corrected chi connectivity index (χ4v) is 2.20. The van der Waals surface area contributed by atoms with Crippen molar-refractivity contribution in [3.8, 4) is 6.07 Å². The maximum atomic E-state index is 12.3. The molecule has 0 aliphatic heterocycles. The minimum Gasteiger partial charge on any atom is -0.466 e. The van der Waals surface area contributed by atoms with Crippen molar-refractivity contribution >= 4 is 29.3 Å². The van der Waals surface area contributed by atoms with Crippen molar-refractivity contribution < 1.29 is 9.21 Å². The van der Waals surface area contributed by atoms with Crippen molar-refractivity contribution in [1.82, 2.24) is 0 Å². The van der Waals surface area contributed by atoms with E-state index in [9.17, 15) is 10.1 Å². The van der Waals surface area contributed by atoms with Crippen molar-refractivity contribution in [3.63, 3.8) is 0 Å². The molecule has 0 aliphatic rings. The van der Waals surface area contributed by atoms with Gasteiger partial charge in [0.25, 0.3) is 5.91 Å². The molecule has 5 heteroatoms. The van der Waals surface area contributed by atoms with Gasteiger partial charge in [-0.1, -0.05) is 17.7 Å². The maximum Gasteiger partial charge on any atom is 0.266 e. The van der Waals surface area contributed by atoms with E-state index in [1.54, 1.807) is 38.1 Å². The van der Waals surface area contributed by atoms with Crippen LogP contribution in [-0.2, 0) is 4.79 Å². The summed E-state index contributed by atoms with van der Waals surface area (Å²) in [6.07, 6.45) is 1.51. The monoisotopic (exact) mass is 314 g/mol. The second kappa shape index (κ2) is 6.50. The third-order valence-electron chi connectivity index (χ3n) is 3.26.